The molecular weight excluding hydrogens is 552 g/mol. The van der Waals surface area contributed by atoms with Crippen LogP contribution in [0.1, 0.15) is 58.1 Å². The number of benzene rings is 2. The molecule has 0 aliphatic rings. The second-order valence-corrected chi connectivity index (χ2v) is 11.5. The number of carbonyl (C=O) groups excluding carboxylic acids is 4. The van der Waals surface area contributed by atoms with Gasteiger partial charge in [-0.2, -0.15) is 0 Å². The van der Waals surface area contributed by atoms with Crippen LogP contribution in [0.4, 0.5) is 9.59 Å². The number of hydrogen-bond acceptors (Lipinski definition) is 7. The molecule has 0 aliphatic heterocycles. The van der Waals surface area contributed by atoms with Gasteiger partial charge in [0.05, 0.1) is 7.11 Å². The number of ether oxygens (including phenoxy) is 3. The van der Waals surface area contributed by atoms with Gasteiger partial charge in [-0.05, 0) is 64.2 Å². The number of rotatable bonds is 13. The van der Waals surface area contributed by atoms with Gasteiger partial charge in [0.2, 0.25) is 5.91 Å². The molecule has 0 aliphatic carbocycles. The molecule has 2 aromatic carbocycles. The lowest BCUT2D eigenvalue weighted by atomic mass is 9.91. The van der Waals surface area contributed by atoms with Gasteiger partial charge in [-0.3, -0.25) is 4.79 Å². The highest BCUT2D eigenvalue weighted by Crippen LogP contribution is 2.24. The number of H-pyrrole nitrogens is 1. The van der Waals surface area contributed by atoms with Crippen molar-refractivity contribution < 1.29 is 33.4 Å². The van der Waals surface area contributed by atoms with Gasteiger partial charge >= 0.3 is 18.2 Å². The summed E-state index contributed by atoms with van der Waals surface area (Å²) in [5.41, 5.74) is 0.335. The maximum Gasteiger partial charge on any atom is 0.408 e. The highest BCUT2D eigenvalue weighted by Gasteiger charge is 2.39. The molecule has 3 amide bonds. The first kappa shape index (κ1) is 33.0. The Labute approximate surface area is 252 Å². The summed E-state index contributed by atoms with van der Waals surface area (Å²) in [4.78, 5) is 54.4. The molecule has 0 radical (unpaired) electrons. The molecule has 3 aromatic rings. The Morgan fingerprint density at radius 3 is 2.30 bits per heavy atom. The van der Waals surface area contributed by atoms with Crippen molar-refractivity contribution in [3.8, 4) is 0 Å². The number of alkyl carbamates (subject to hydrolysis) is 2. The van der Waals surface area contributed by atoms with Crippen LogP contribution in [0.2, 0.25) is 0 Å². The normalized spacial score (nSPS) is 13.3. The van der Waals surface area contributed by atoms with Crippen LogP contribution in [0.25, 0.3) is 10.9 Å². The summed E-state index contributed by atoms with van der Waals surface area (Å²) in [5, 5.41) is 9.09. The molecule has 0 saturated heterocycles. The summed E-state index contributed by atoms with van der Waals surface area (Å²) in [5.74, 6) is -1.18. The van der Waals surface area contributed by atoms with Gasteiger partial charge in [0, 0.05) is 30.1 Å². The monoisotopic (exact) mass is 594 g/mol. The van der Waals surface area contributed by atoms with Crippen LogP contribution >= 0.6 is 0 Å². The average Bonchev–Trinajstić information content (AvgIpc) is 3.36. The standard InChI is InChI=1S/C32H42N4O7/c1-31(2,3)43-30(40)36-32(4,19-23-20-34-25-16-10-9-15-24(23)25)28(38)35-26(27(37)41-5)17-11-12-18-33-29(39)42-21-22-13-7-6-8-14-22/h6-10,13-16,20,26,34H,11-12,17-19,21H2,1-5H3,(H,33,39)(H,35,38)(H,36,40)/t26-,32+/m0/s1. The van der Waals surface area contributed by atoms with Crippen molar-refractivity contribution in [2.75, 3.05) is 13.7 Å². The van der Waals surface area contributed by atoms with Gasteiger partial charge < -0.3 is 35.1 Å². The van der Waals surface area contributed by atoms with Crippen molar-refractivity contribution in [1.82, 2.24) is 20.9 Å². The number of aromatic amines is 1. The Morgan fingerprint density at radius 1 is 0.907 bits per heavy atom. The first-order chi connectivity index (χ1) is 20.4. The van der Waals surface area contributed by atoms with E-state index in [4.69, 9.17) is 14.2 Å². The highest BCUT2D eigenvalue weighted by atomic mass is 16.6. The van der Waals surface area contributed by atoms with E-state index in [1.54, 1.807) is 33.9 Å². The summed E-state index contributed by atoms with van der Waals surface area (Å²) >= 11 is 0. The molecule has 0 bridgehead atoms. The minimum Gasteiger partial charge on any atom is -0.467 e. The largest absolute Gasteiger partial charge is 0.467 e. The van der Waals surface area contributed by atoms with Gasteiger partial charge in [0.15, 0.2) is 0 Å². The number of nitrogens with one attached hydrogen (secondary N) is 4. The lowest BCUT2D eigenvalue weighted by Crippen LogP contribution is -2.61. The molecule has 43 heavy (non-hydrogen) atoms. The van der Waals surface area contributed by atoms with Crippen LogP contribution in [0.5, 0.6) is 0 Å². The first-order valence-corrected chi connectivity index (χ1v) is 14.3. The summed E-state index contributed by atoms with van der Waals surface area (Å²) in [6.45, 7) is 7.28. The first-order valence-electron chi connectivity index (χ1n) is 14.3. The fourth-order valence-corrected chi connectivity index (χ4v) is 4.52. The van der Waals surface area contributed by atoms with Crippen molar-refractivity contribution in [2.24, 2.45) is 0 Å². The number of para-hydroxylation sites is 1. The topological polar surface area (TPSA) is 148 Å². The summed E-state index contributed by atoms with van der Waals surface area (Å²) in [7, 11) is 1.25. The van der Waals surface area contributed by atoms with Gasteiger partial charge in [0.25, 0.3) is 0 Å². The Kier molecular flexibility index (Phi) is 11.6. The van der Waals surface area contributed by atoms with Gasteiger partial charge in [0.1, 0.15) is 23.8 Å². The maximum atomic E-state index is 13.8. The van der Waals surface area contributed by atoms with E-state index in [2.05, 4.69) is 20.9 Å². The van der Waals surface area contributed by atoms with Crippen molar-refractivity contribution in [3.05, 3.63) is 71.9 Å². The number of unbranched alkanes of at least 4 members (excludes halogenated alkanes) is 1. The molecule has 1 heterocycles. The molecule has 232 valence electrons. The van der Waals surface area contributed by atoms with Crippen LogP contribution in [-0.2, 0) is 36.8 Å². The molecule has 3 rings (SSSR count). The van der Waals surface area contributed by atoms with Crippen molar-refractivity contribution in [1.29, 1.82) is 0 Å². The molecule has 0 unspecified atom stereocenters. The quantitative estimate of drug-likeness (QED) is 0.127. The molecule has 0 fully saturated rings. The molecular formula is C32H42N4O7. The highest BCUT2D eigenvalue weighted by molar-refractivity contribution is 5.94. The lowest BCUT2D eigenvalue weighted by molar-refractivity contribution is -0.146. The number of hydrogen-bond donors (Lipinski definition) is 4. The van der Waals surface area contributed by atoms with E-state index in [0.29, 0.717) is 19.4 Å². The van der Waals surface area contributed by atoms with E-state index in [9.17, 15) is 19.2 Å². The summed E-state index contributed by atoms with van der Waals surface area (Å²) in [6.07, 6.45) is 1.92. The zero-order chi connectivity index (χ0) is 31.5. The minimum atomic E-state index is -1.47. The van der Waals surface area contributed by atoms with Gasteiger partial charge in [-0.15, -0.1) is 0 Å². The third-order valence-corrected chi connectivity index (χ3v) is 6.69. The van der Waals surface area contributed by atoms with Crippen molar-refractivity contribution in [3.63, 3.8) is 0 Å². The zero-order valence-electron chi connectivity index (χ0n) is 25.5. The average molecular weight is 595 g/mol. The van der Waals surface area contributed by atoms with E-state index in [-0.39, 0.29) is 19.4 Å². The van der Waals surface area contributed by atoms with Crippen LogP contribution in [0.3, 0.4) is 0 Å². The number of amides is 3. The second-order valence-electron chi connectivity index (χ2n) is 11.5. The fourth-order valence-electron chi connectivity index (χ4n) is 4.52. The Morgan fingerprint density at radius 2 is 1.60 bits per heavy atom. The van der Waals surface area contributed by atoms with Gasteiger partial charge in [-0.25, -0.2) is 14.4 Å². The molecule has 0 spiro atoms. The molecule has 2 atom stereocenters. The SMILES string of the molecule is COC(=O)[C@H](CCCCNC(=O)OCc1ccccc1)NC(=O)[C@@](C)(Cc1c[nH]c2ccccc12)NC(=O)OC(C)(C)C. The molecule has 11 nitrogen and oxygen atoms in total. The maximum absolute atomic E-state index is 13.8. The predicted molar refractivity (Wildman–Crippen MR) is 162 cm³/mol. The Bertz CT molecular complexity index is 1380. The number of methoxy groups -OCH3 is 1. The van der Waals surface area contributed by atoms with Gasteiger partial charge in [-0.1, -0.05) is 48.5 Å². The smallest absolute Gasteiger partial charge is 0.408 e. The number of fused-ring (bicyclic) bond motifs is 1. The predicted octanol–water partition coefficient (Wildman–Crippen LogP) is 4.75. The lowest BCUT2D eigenvalue weighted by Gasteiger charge is -2.32. The van der Waals surface area contributed by atoms with Crippen LogP contribution in [0.15, 0.2) is 60.8 Å². The minimum absolute atomic E-state index is 0.130. The number of carbonyl (C=O) groups is 4. The molecule has 1 aromatic heterocycles. The van der Waals surface area contributed by atoms with E-state index in [0.717, 1.165) is 22.0 Å². The van der Waals surface area contributed by atoms with Crippen LogP contribution in [-0.4, -0.2) is 59.9 Å². The Balaban J connectivity index is 1.62. The second kappa shape index (κ2) is 15.1. The summed E-state index contributed by atoms with van der Waals surface area (Å²) in [6, 6.07) is 16.0. The number of aromatic nitrogens is 1. The molecule has 0 saturated carbocycles. The molecule has 4 N–H and O–H groups in total. The van der Waals surface area contributed by atoms with Crippen LogP contribution < -0.4 is 16.0 Å². The van der Waals surface area contributed by atoms with Crippen molar-refractivity contribution >= 4 is 35.0 Å². The van der Waals surface area contributed by atoms with E-state index < -0.39 is 41.2 Å². The van der Waals surface area contributed by atoms with Crippen molar-refractivity contribution in [2.45, 2.75) is 77.2 Å². The fraction of sp³-hybridized carbons (Fsp3) is 0.438. The van der Waals surface area contributed by atoms with E-state index >= 15 is 0 Å². The van der Waals surface area contributed by atoms with E-state index in [1.165, 1.54) is 7.11 Å². The summed E-state index contributed by atoms with van der Waals surface area (Å²) < 4.78 is 15.6. The molecule has 11 heteroatoms. The third kappa shape index (κ3) is 10.4. The Hall–Kier alpha value is -4.54. The van der Waals surface area contributed by atoms with E-state index in [1.807, 2.05) is 54.6 Å². The third-order valence-electron chi connectivity index (χ3n) is 6.69. The van der Waals surface area contributed by atoms with Crippen LogP contribution in [0, 0.1) is 0 Å². The zero-order valence-corrected chi connectivity index (χ0v) is 25.5. The number of esters is 1.